The number of nitrogens with two attached hydrogens (primary N) is 1. The van der Waals surface area contributed by atoms with E-state index in [0.29, 0.717) is 17.5 Å². The number of halogens is 2. The van der Waals surface area contributed by atoms with Gasteiger partial charge in [-0.15, -0.1) is 0 Å². The topological polar surface area (TPSA) is 115 Å². The number of aliphatic hydroxyl groups is 1. The molecule has 11 unspecified atom stereocenters. The number of aromatic nitrogens is 1. The maximum atomic E-state index is 14.0. The summed E-state index contributed by atoms with van der Waals surface area (Å²) in [4.78, 5) is 31.3. The molecule has 1 aromatic heterocycles. The molecule has 1 spiro atoms. The van der Waals surface area contributed by atoms with Gasteiger partial charge >= 0.3 is 5.97 Å². The minimum absolute atomic E-state index is 0.0545. The molecule has 0 radical (unpaired) electrons. The summed E-state index contributed by atoms with van der Waals surface area (Å²) in [5, 5.41) is 12.4. The van der Waals surface area contributed by atoms with Crippen LogP contribution >= 0.6 is 0 Å². The lowest BCUT2D eigenvalue weighted by molar-refractivity contribution is -0.154. The van der Waals surface area contributed by atoms with Gasteiger partial charge in [0, 0.05) is 38.5 Å². The van der Waals surface area contributed by atoms with Crippen LogP contribution in [-0.2, 0) is 20.8 Å². The van der Waals surface area contributed by atoms with Crippen LogP contribution in [0.2, 0.25) is 0 Å². The standard InChI is InChI=1S/C41H55F2N3O5/c1-24(2)32(51-37(49)28-9-15-45-16-10-28)8-12-39-11-6-7-33-40(39,23-39)14-13-38(5)34-25(3)17-31(50-35(34)36(48)41(33,38)44)22-46(26(4)47)21-27-18-29(42)20-30(43)19-27/h9-10,15-16,18-20,24-25,31-36,48H,6-8,11-14,17,21-23,44H2,1-5H3. The van der Waals surface area contributed by atoms with Crippen molar-refractivity contribution in [2.45, 2.75) is 129 Å². The number of carbonyl (C=O) groups is 2. The molecule has 8 nitrogen and oxygen atoms in total. The summed E-state index contributed by atoms with van der Waals surface area (Å²) in [6.07, 6.45) is 10.1. The van der Waals surface area contributed by atoms with Gasteiger partial charge in [-0.2, -0.15) is 0 Å². The summed E-state index contributed by atoms with van der Waals surface area (Å²) in [6, 6.07) is 6.70. The van der Waals surface area contributed by atoms with Crippen molar-refractivity contribution in [3.63, 3.8) is 0 Å². The molecule has 11 atom stereocenters. The van der Waals surface area contributed by atoms with E-state index < -0.39 is 29.4 Å². The first-order valence-electron chi connectivity index (χ1n) is 19.1. The first kappa shape index (κ1) is 36.4. The molecule has 4 aliphatic carbocycles. The predicted molar refractivity (Wildman–Crippen MR) is 188 cm³/mol. The Morgan fingerprint density at radius 3 is 2.51 bits per heavy atom. The van der Waals surface area contributed by atoms with E-state index in [0.717, 1.165) is 57.4 Å². The van der Waals surface area contributed by atoms with Gasteiger partial charge in [0.05, 0.1) is 29.4 Å². The van der Waals surface area contributed by atoms with E-state index in [4.69, 9.17) is 15.2 Å². The maximum Gasteiger partial charge on any atom is 0.338 e. The Kier molecular flexibility index (Phi) is 9.40. The maximum absolute atomic E-state index is 14.0. The van der Waals surface area contributed by atoms with E-state index in [2.05, 4.69) is 32.7 Å². The lowest BCUT2D eigenvalue weighted by Crippen LogP contribution is -2.69. The molecule has 51 heavy (non-hydrogen) atoms. The summed E-state index contributed by atoms with van der Waals surface area (Å²) in [5.74, 6) is -1.28. The van der Waals surface area contributed by atoms with Crippen LogP contribution in [0.1, 0.15) is 108 Å². The number of benzene rings is 1. The van der Waals surface area contributed by atoms with Crippen LogP contribution in [0.4, 0.5) is 8.78 Å². The zero-order valence-electron chi connectivity index (χ0n) is 30.7. The largest absolute Gasteiger partial charge is 0.459 e. The highest BCUT2D eigenvalue weighted by Gasteiger charge is 2.82. The minimum atomic E-state index is -0.857. The van der Waals surface area contributed by atoms with Crippen LogP contribution < -0.4 is 5.73 Å². The molecular formula is C41H55F2N3O5. The fourth-order valence-corrected chi connectivity index (χ4v) is 12.1. The van der Waals surface area contributed by atoms with E-state index in [9.17, 15) is 23.5 Å². The van der Waals surface area contributed by atoms with Gasteiger partial charge in [0.25, 0.3) is 0 Å². The zero-order chi connectivity index (χ0) is 36.5. The Balaban J connectivity index is 1.07. The predicted octanol–water partition coefficient (Wildman–Crippen LogP) is 6.83. The molecule has 4 saturated carbocycles. The van der Waals surface area contributed by atoms with E-state index >= 15 is 0 Å². The molecule has 1 amide bonds. The Morgan fingerprint density at radius 2 is 1.84 bits per heavy atom. The van der Waals surface area contributed by atoms with Gasteiger partial charge < -0.3 is 25.2 Å². The van der Waals surface area contributed by atoms with Crippen LogP contribution in [0.25, 0.3) is 0 Å². The van der Waals surface area contributed by atoms with Crippen molar-refractivity contribution >= 4 is 11.9 Å². The third kappa shape index (κ3) is 5.92. The second-order valence-corrected chi connectivity index (χ2v) is 17.5. The van der Waals surface area contributed by atoms with Crippen molar-refractivity contribution in [2.75, 3.05) is 6.54 Å². The molecule has 5 fully saturated rings. The first-order chi connectivity index (χ1) is 24.1. The van der Waals surface area contributed by atoms with Gasteiger partial charge in [0.2, 0.25) is 5.91 Å². The van der Waals surface area contributed by atoms with Gasteiger partial charge in [-0.05, 0) is 121 Å². The SMILES string of the molecule is CC(=O)N(Cc1cc(F)cc(F)c1)CC1CC(C)C2C(O1)C(O)C1(N)C3CCCC4(CCC(OC(=O)c5ccncc5)C(C)C)CC34CCC21C. The number of carbonyl (C=O) groups excluding carboxylic acids is 2. The number of amides is 1. The molecule has 0 bridgehead atoms. The van der Waals surface area contributed by atoms with Crippen molar-refractivity contribution in [3.8, 4) is 0 Å². The number of rotatable bonds is 10. The van der Waals surface area contributed by atoms with Crippen molar-refractivity contribution in [1.82, 2.24) is 9.88 Å². The number of pyridine rings is 1. The van der Waals surface area contributed by atoms with Crippen LogP contribution in [0.15, 0.2) is 42.7 Å². The molecule has 1 aliphatic heterocycles. The van der Waals surface area contributed by atoms with Gasteiger partial charge in [-0.3, -0.25) is 9.78 Å². The number of ether oxygens (including phenoxy) is 2. The lowest BCUT2D eigenvalue weighted by atomic mass is 9.47. The third-order valence-electron chi connectivity index (χ3n) is 14.5. The molecule has 5 aliphatic rings. The average Bonchev–Trinajstić information content (AvgIpc) is 3.71. The van der Waals surface area contributed by atoms with E-state index in [1.165, 1.54) is 19.1 Å². The normalized spacial score (nSPS) is 38.5. The second-order valence-electron chi connectivity index (χ2n) is 17.5. The average molecular weight is 708 g/mol. The van der Waals surface area contributed by atoms with Crippen molar-refractivity contribution in [1.29, 1.82) is 0 Å². The number of esters is 1. The molecule has 7 rings (SSSR count). The summed E-state index contributed by atoms with van der Waals surface area (Å²) >= 11 is 0. The lowest BCUT2D eigenvalue weighted by Gasteiger charge is -2.60. The Hall–Kier alpha value is -2.95. The molecule has 278 valence electrons. The number of hydrogen-bond acceptors (Lipinski definition) is 7. The fraction of sp³-hybridized carbons (Fsp3) is 0.683. The molecule has 1 saturated heterocycles. The highest BCUT2D eigenvalue weighted by atomic mass is 19.1. The Bertz CT molecular complexity index is 1620. The monoisotopic (exact) mass is 707 g/mol. The van der Waals surface area contributed by atoms with Crippen molar-refractivity contribution in [3.05, 3.63) is 65.5 Å². The highest BCUT2D eigenvalue weighted by molar-refractivity contribution is 5.89. The summed E-state index contributed by atoms with van der Waals surface area (Å²) in [7, 11) is 0. The van der Waals surface area contributed by atoms with E-state index in [-0.39, 0.29) is 77.1 Å². The van der Waals surface area contributed by atoms with Crippen LogP contribution in [0.3, 0.4) is 0 Å². The van der Waals surface area contributed by atoms with Gasteiger partial charge in [-0.1, -0.05) is 34.1 Å². The van der Waals surface area contributed by atoms with Gasteiger partial charge in [0.15, 0.2) is 0 Å². The minimum Gasteiger partial charge on any atom is -0.459 e. The summed E-state index contributed by atoms with van der Waals surface area (Å²) in [6.45, 7) is 10.5. The van der Waals surface area contributed by atoms with E-state index in [1.54, 1.807) is 29.4 Å². The molecule has 10 heteroatoms. The summed E-state index contributed by atoms with van der Waals surface area (Å²) in [5.41, 5.74) is 7.64. The third-order valence-corrected chi connectivity index (χ3v) is 14.5. The summed E-state index contributed by atoms with van der Waals surface area (Å²) < 4.78 is 40.8. The number of aliphatic hydroxyl groups excluding tert-OH is 1. The van der Waals surface area contributed by atoms with Crippen LogP contribution in [0, 0.1) is 51.6 Å². The highest BCUT2D eigenvalue weighted by Crippen LogP contribution is 2.83. The molecule has 2 aromatic rings. The number of nitrogens with zero attached hydrogens (tertiary/aromatic N) is 2. The fourth-order valence-electron chi connectivity index (χ4n) is 12.1. The Labute approximate surface area is 300 Å². The number of hydrogen-bond donors (Lipinski definition) is 2. The van der Waals surface area contributed by atoms with Gasteiger partial charge in [-0.25, -0.2) is 13.6 Å². The molecule has 1 aromatic carbocycles. The molecule has 2 heterocycles. The quantitative estimate of drug-likeness (QED) is 0.260. The Morgan fingerprint density at radius 1 is 1.14 bits per heavy atom. The van der Waals surface area contributed by atoms with Crippen molar-refractivity contribution in [2.24, 2.45) is 45.7 Å². The smallest absolute Gasteiger partial charge is 0.338 e. The molecule has 3 N–H and O–H groups in total. The first-order valence-corrected chi connectivity index (χ1v) is 19.1. The number of fused-ring (bicyclic) bond motifs is 4. The zero-order valence-corrected chi connectivity index (χ0v) is 30.7. The van der Waals surface area contributed by atoms with E-state index in [1.807, 2.05) is 0 Å². The van der Waals surface area contributed by atoms with Crippen molar-refractivity contribution < 1.29 is 33.0 Å². The van der Waals surface area contributed by atoms with Crippen LogP contribution in [-0.4, -0.2) is 63.4 Å². The second kappa shape index (κ2) is 13.2. The van der Waals surface area contributed by atoms with Gasteiger partial charge in [0.1, 0.15) is 17.7 Å². The van der Waals surface area contributed by atoms with Crippen LogP contribution in [0.5, 0.6) is 0 Å². The molecular weight excluding hydrogens is 652 g/mol.